The Balaban J connectivity index is 2.22. The summed E-state index contributed by atoms with van der Waals surface area (Å²) < 4.78 is 0. The molecule has 0 fully saturated rings. The molecule has 0 bridgehead atoms. The van der Waals surface area contributed by atoms with E-state index in [9.17, 15) is 0 Å². The summed E-state index contributed by atoms with van der Waals surface area (Å²) in [6, 6.07) is 4.85. The summed E-state index contributed by atoms with van der Waals surface area (Å²) in [5.41, 5.74) is 1.37. The molecule has 0 aliphatic rings. The van der Waals surface area contributed by atoms with Gasteiger partial charge in [0.15, 0.2) is 0 Å². The van der Waals surface area contributed by atoms with Crippen LogP contribution in [0.2, 0.25) is 0 Å². The first kappa shape index (κ1) is 14.1. The zero-order chi connectivity index (χ0) is 12.5. The quantitative estimate of drug-likeness (QED) is 0.698. The summed E-state index contributed by atoms with van der Waals surface area (Å²) in [5, 5.41) is 3.19. The van der Waals surface area contributed by atoms with Crippen molar-refractivity contribution in [3.05, 3.63) is 30.1 Å². The minimum absolute atomic E-state index is 0.658. The van der Waals surface area contributed by atoms with Crippen LogP contribution in [-0.2, 0) is 6.42 Å². The summed E-state index contributed by atoms with van der Waals surface area (Å²) in [6.07, 6.45) is 7.34. The molecule has 1 heterocycles. The highest BCUT2D eigenvalue weighted by atomic mass is 15.1. The zero-order valence-corrected chi connectivity index (χ0v) is 11.3. The third kappa shape index (κ3) is 5.80. The van der Waals surface area contributed by atoms with Gasteiger partial charge in [-0.25, -0.2) is 0 Å². The third-order valence-electron chi connectivity index (χ3n) is 3.30. The Hall–Kier alpha value is -0.930. The first-order chi connectivity index (χ1) is 8.24. The number of aromatic nitrogens is 1. The Morgan fingerprint density at radius 3 is 2.71 bits per heavy atom. The van der Waals surface area contributed by atoms with E-state index in [0.29, 0.717) is 6.04 Å². The summed E-state index contributed by atoms with van der Waals surface area (Å²) in [7, 11) is 4.23. The van der Waals surface area contributed by atoms with Crippen molar-refractivity contribution < 1.29 is 0 Å². The fourth-order valence-electron chi connectivity index (χ4n) is 1.87. The average molecular weight is 235 g/mol. The van der Waals surface area contributed by atoms with Gasteiger partial charge < -0.3 is 10.2 Å². The molecule has 1 N–H and O–H groups in total. The number of hydrogen-bond acceptors (Lipinski definition) is 3. The van der Waals surface area contributed by atoms with Gasteiger partial charge in [-0.05, 0) is 64.5 Å². The summed E-state index contributed by atoms with van der Waals surface area (Å²) in [6.45, 7) is 4.54. The molecule has 96 valence electrons. The van der Waals surface area contributed by atoms with Crippen molar-refractivity contribution in [1.29, 1.82) is 0 Å². The predicted octanol–water partition coefficient (Wildman–Crippen LogP) is 1.94. The second-order valence-corrected chi connectivity index (χ2v) is 4.68. The molecular formula is C14H25N3. The van der Waals surface area contributed by atoms with Crippen molar-refractivity contribution in [1.82, 2.24) is 15.2 Å². The van der Waals surface area contributed by atoms with Gasteiger partial charge in [-0.2, -0.15) is 0 Å². The van der Waals surface area contributed by atoms with E-state index in [1.165, 1.54) is 18.4 Å². The molecule has 3 heteroatoms. The number of nitrogens with zero attached hydrogens (tertiary/aromatic N) is 2. The molecular weight excluding hydrogens is 210 g/mol. The first-order valence-corrected chi connectivity index (χ1v) is 6.47. The van der Waals surface area contributed by atoms with Gasteiger partial charge >= 0.3 is 0 Å². The molecule has 0 saturated carbocycles. The monoisotopic (exact) mass is 235 g/mol. The van der Waals surface area contributed by atoms with Crippen LogP contribution in [0.15, 0.2) is 24.5 Å². The lowest BCUT2D eigenvalue weighted by atomic mass is 10.1. The number of rotatable bonds is 8. The number of likely N-dealkylation sites (N-methyl/N-ethyl adjacent to an activating group) is 1. The predicted molar refractivity (Wildman–Crippen MR) is 73.2 cm³/mol. The SMILES string of the molecule is CNCCCC(C)N(C)CCc1ccncc1. The van der Waals surface area contributed by atoms with E-state index in [-0.39, 0.29) is 0 Å². The molecule has 1 rings (SSSR count). The van der Waals surface area contributed by atoms with Gasteiger partial charge in [0.25, 0.3) is 0 Å². The molecule has 0 aliphatic carbocycles. The van der Waals surface area contributed by atoms with Crippen molar-refractivity contribution in [2.24, 2.45) is 0 Å². The standard InChI is InChI=1S/C14H25N3/c1-13(5-4-9-15-2)17(3)12-8-14-6-10-16-11-7-14/h6-7,10-11,13,15H,4-5,8-9,12H2,1-3H3. The number of pyridine rings is 1. The highest BCUT2D eigenvalue weighted by molar-refractivity contribution is 5.09. The fraction of sp³-hybridized carbons (Fsp3) is 0.643. The second-order valence-electron chi connectivity index (χ2n) is 4.68. The molecule has 17 heavy (non-hydrogen) atoms. The maximum atomic E-state index is 4.04. The molecule has 1 aromatic rings. The van der Waals surface area contributed by atoms with Crippen LogP contribution in [0.3, 0.4) is 0 Å². The Kier molecular flexibility index (Phi) is 6.82. The lowest BCUT2D eigenvalue weighted by Crippen LogP contribution is -2.31. The Morgan fingerprint density at radius 2 is 2.06 bits per heavy atom. The van der Waals surface area contributed by atoms with Gasteiger partial charge in [0.2, 0.25) is 0 Å². The van der Waals surface area contributed by atoms with Crippen LogP contribution >= 0.6 is 0 Å². The van der Waals surface area contributed by atoms with Crippen LogP contribution in [-0.4, -0.2) is 43.1 Å². The van der Waals surface area contributed by atoms with Gasteiger partial charge in [-0.1, -0.05) is 0 Å². The highest BCUT2D eigenvalue weighted by Crippen LogP contribution is 2.06. The van der Waals surface area contributed by atoms with Crippen molar-refractivity contribution in [2.45, 2.75) is 32.2 Å². The lowest BCUT2D eigenvalue weighted by molar-refractivity contribution is 0.245. The normalized spacial score (nSPS) is 12.9. The van der Waals surface area contributed by atoms with Crippen LogP contribution in [0.25, 0.3) is 0 Å². The Morgan fingerprint density at radius 1 is 1.35 bits per heavy atom. The van der Waals surface area contributed by atoms with Gasteiger partial charge in [0, 0.05) is 25.0 Å². The molecule has 3 nitrogen and oxygen atoms in total. The molecule has 1 unspecified atom stereocenters. The minimum Gasteiger partial charge on any atom is -0.320 e. The van der Waals surface area contributed by atoms with Gasteiger partial charge in [-0.3, -0.25) is 4.98 Å². The molecule has 0 amide bonds. The summed E-state index contributed by atoms with van der Waals surface area (Å²) in [4.78, 5) is 6.48. The third-order valence-corrected chi connectivity index (χ3v) is 3.30. The zero-order valence-electron chi connectivity index (χ0n) is 11.3. The van der Waals surface area contributed by atoms with E-state index >= 15 is 0 Å². The van der Waals surface area contributed by atoms with Crippen molar-refractivity contribution >= 4 is 0 Å². The smallest absolute Gasteiger partial charge is 0.0270 e. The van der Waals surface area contributed by atoms with E-state index in [1.54, 1.807) is 0 Å². The summed E-state index contributed by atoms with van der Waals surface area (Å²) in [5.74, 6) is 0. The van der Waals surface area contributed by atoms with Crippen LogP contribution < -0.4 is 5.32 Å². The lowest BCUT2D eigenvalue weighted by Gasteiger charge is -2.24. The van der Waals surface area contributed by atoms with Crippen LogP contribution in [0.4, 0.5) is 0 Å². The Bertz CT molecular complexity index is 287. The van der Waals surface area contributed by atoms with E-state index in [4.69, 9.17) is 0 Å². The fourth-order valence-corrected chi connectivity index (χ4v) is 1.87. The molecule has 0 spiro atoms. The highest BCUT2D eigenvalue weighted by Gasteiger charge is 2.08. The van der Waals surface area contributed by atoms with E-state index in [0.717, 1.165) is 19.5 Å². The molecule has 0 radical (unpaired) electrons. The Labute approximate surface area is 105 Å². The van der Waals surface area contributed by atoms with Gasteiger partial charge in [0.1, 0.15) is 0 Å². The molecule has 1 atom stereocenters. The average Bonchev–Trinajstić information content (AvgIpc) is 2.37. The number of nitrogens with one attached hydrogen (secondary N) is 1. The molecule has 0 aromatic carbocycles. The summed E-state index contributed by atoms with van der Waals surface area (Å²) >= 11 is 0. The van der Waals surface area contributed by atoms with E-state index in [1.807, 2.05) is 19.4 Å². The van der Waals surface area contributed by atoms with Crippen molar-refractivity contribution in [2.75, 3.05) is 27.2 Å². The topological polar surface area (TPSA) is 28.2 Å². The largest absolute Gasteiger partial charge is 0.320 e. The van der Waals surface area contributed by atoms with Crippen molar-refractivity contribution in [3.63, 3.8) is 0 Å². The first-order valence-electron chi connectivity index (χ1n) is 6.47. The maximum Gasteiger partial charge on any atom is 0.0270 e. The molecule has 0 aliphatic heterocycles. The van der Waals surface area contributed by atoms with Crippen molar-refractivity contribution in [3.8, 4) is 0 Å². The van der Waals surface area contributed by atoms with E-state index in [2.05, 4.69) is 41.3 Å². The van der Waals surface area contributed by atoms with Gasteiger partial charge in [-0.15, -0.1) is 0 Å². The minimum atomic E-state index is 0.658. The maximum absolute atomic E-state index is 4.04. The molecule has 0 saturated heterocycles. The van der Waals surface area contributed by atoms with Crippen LogP contribution in [0, 0.1) is 0 Å². The van der Waals surface area contributed by atoms with Crippen LogP contribution in [0.5, 0.6) is 0 Å². The van der Waals surface area contributed by atoms with Crippen LogP contribution in [0.1, 0.15) is 25.3 Å². The van der Waals surface area contributed by atoms with E-state index < -0.39 is 0 Å². The number of hydrogen-bond donors (Lipinski definition) is 1. The van der Waals surface area contributed by atoms with Gasteiger partial charge in [0.05, 0.1) is 0 Å². The second kappa shape index (κ2) is 8.20. The molecule has 1 aromatic heterocycles.